The first-order valence-electron chi connectivity index (χ1n) is 23.9. The van der Waals surface area contributed by atoms with Crippen LogP contribution in [0.3, 0.4) is 0 Å². The number of rotatable bonds is 19. The fourth-order valence-electron chi connectivity index (χ4n) is 9.53. The standard InChI is InChI=1S/C54H62ClF4N7S4/c1-36(2)66-37(3)53(67-5)51(52(66)38-11-13-40(55)14-12-38)39-31-41(56)33-46(32-39)65-29-27-64(28-30-65)45-17-15-43(16-18-45)62-70-48-19-20-49(50(34-48)69-54(57,58)59)61-44(35-68-47-9-7-6-8-10-47)23-26-63-24-21-42(60-4)22-25-63/h6-20,31-34,36,42,44,60-62H,21-30,35H2,1-5H3. The Kier molecular flexibility index (Phi) is 18.0. The molecule has 1 unspecified atom stereocenters. The van der Waals surface area contributed by atoms with Crippen LogP contribution in [-0.2, 0) is 0 Å². The van der Waals surface area contributed by atoms with E-state index in [0.717, 1.165) is 126 Å². The molecule has 372 valence electrons. The van der Waals surface area contributed by atoms with Gasteiger partial charge in [0.05, 0.1) is 5.69 Å². The van der Waals surface area contributed by atoms with Crippen molar-refractivity contribution in [2.75, 3.05) is 84.7 Å². The van der Waals surface area contributed by atoms with Crippen LogP contribution in [0.15, 0.2) is 135 Å². The molecule has 0 amide bonds. The van der Waals surface area contributed by atoms with Gasteiger partial charge in [0.15, 0.2) is 0 Å². The molecule has 0 aliphatic carbocycles. The van der Waals surface area contributed by atoms with Gasteiger partial charge in [0, 0.05) is 115 Å². The first-order valence-corrected chi connectivity index (χ1v) is 28.1. The maximum absolute atomic E-state index is 15.7. The number of hydrogen-bond acceptors (Lipinski definition) is 10. The molecular weight excluding hydrogens is 986 g/mol. The molecule has 16 heteroatoms. The summed E-state index contributed by atoms with van der Waals surface area (Å²) in [6.07, 6.45) is 5.09. The number of aromatic nitrogens is 1. The van der Waals surface area contributed by atoms with Gasteiger partial charge in [0.1, 0.15) is 5.82 Å². The summed E-state index contributed by atoms with van der Waals surface area (Å²) in [5.74, 6) is 0.456. The van der Waals surface area contributed by atoms with Crippen molar-refractivity contribution >= 4 is 81.6 Å². The largest absolute Gasteiger partial charge is 0.446 e. The number of piperidine rings is 1. The van der Waals surface area contributed by atoms with E-state index in [0.29, 0.717) is 21.6 Å². The third kappa shape index (κ3) is 13.5. The molecule has 0 spiro atoms. The van der Waals surface area contributed by atoms with Gasteiger partial charge in [-0.15, -0.1) is 23.5 Å². The zero-order valence-corrected chi connectivity index (χ0v) is 44.3. The number of benzene rings is 5. The van der Waals surface area contributed by atoms with Crippen LogP contribution >= 0.6 is 58.8 Å². The van der Waals surface area contributed by atoms with E-state index in [4.69, 9.17) is 11.6 Å². The number of alkyl halides is 3. The summed E-state index contributed by atoms with van der Waals surface area (Å²) in [5, 5.41) is 7.60. The molecule has 5 aromatic carbocycles. The van der Waals surface area contributed by atoms with Crippen molar-refractivity contribution < 1.29 is 17.6 Å². The molecule has 70 heavy (non-hydrogen) atoms. The van der Waals surface area contributed by atoms with Crippen LogP contribution in [0, 0.1) is 12.7 Å². The Bertz CT molecular complexity index is 2640. The number of piperazine rings is 1. The zero-order valence-electron chi connectivity index (χ0n) is 40.3. The minimum absolute atomic E-state index is 0.0341. The highest BCUT2D eigenvalue weighted by Crippen LogP contribution is 2.47. The van der Waals surface area contributed by atoms with Gasteiger partial charge in [-0.2, -0.15) is 13.2 Å². The molecular formula is C54H62ClF4N7S4. The smallest absolute Gasteiger partial charge is 0.381 e. The number of halogens is 5. The van der Waals surface area contributed by atoms with Crippen molar-refractivity contribution in [1.29, 1.82) is 0 Å². The van der Waals surface area contributed by atoms with Crippen molar-refractivity contribution in [3.63, 3.8) is 0 Å². The van der Waals surface area contributed by atoms with Crippen LogP contribution in [0.25, 0.3) is 22.4 Å². The lowest BCUT2D eigenvalue weighted by Crippen LogP contribution is -2.46. The van der Waals surface area contributed by atoms with Crippen LogP contribution in [0.4, 0.5) is 40.3 Å². The van der Waals surface area contributed by atoms with E-state index in [9.17, 15) is 13.2 Å². The minimum Gasteiger partial charge on any atom is -0.381 e. The lowest BCUT2D eigenvalue weighted by Gasteiger charge is -2.37. The van der Waals surface area contributed by atoms with Gasteiger partial charge in [0.25, 0.3) is 0 Å². The van der Waals surface area contributed by atoms with Crippen molar-refractivity contribution in [3.8, 4) is 22.4 Å². The molecule has 0 radical (unpaired) electrons. The number of hydrogen-bond donors (Lipinski definition) is 3. The van der Waals surface area contributed by atoms with E-state index < -0.39 is 5.51 Å². The van der Waals surface area contributed by atoms with Gasteiger partial charge >= 0.3 is 5.51 Å². The third-order valence-electron chi connectivity index (χ3n) is 13.1. The van der Waals surface area contributed by atoms with E-state index >= 15 is 4.39 Å². The third-order valence-corrected chi connectivity index (χ3v) is 17.0. The molecule has 2 fully saturated rings. The number of thioether (sulfide) groups is 3. The SMILES string of the molecule is CNC1CCN(CCC(CSc2ccccc2)Nc2ccc(SNc3ccc(N4CCN(c5cc(F)cc(-c6c(SC)c(C)n(C(C)C)c6-c6ccc(Cl)cc6)c5)CC4)cc3)cc2SC(F)(F)F)CC1. The predicted octanol–water partition coefficient (Wildman–Crippen LogP) is 14.9. The Morgan fingerprint density at radius 3 is 2.10 bits per heavy atom. The number of nitrogens with one attached hydrogen (secondary N) is 3. The lowest BCUT2D eigenvalue weighted by atomic mass is 9.99. The van der Waals surface area contributed by atoms with Gasteiger partial charge in [-0.25, -0.2) is 4.39 Å². The number of anilines is 4. The Hall–Kier alpha value is -4.09. The van der Waals surface area contributed by atoms with Crippen LogP contribution in [0.1, 0.15) is 44.8 Å². The van der Waals surface area contributed by atoms with E-state index in [2.05, 4.69) is 92.0 Å². The molecule has 8 rings (SSSR count). The Morgan fingerprint density at radius 1 is 0.771 bits per heavy atom. The molecule has 0 bridgehead atoms. The second-order valence-electron chi connectivity index (χ2n) is 18.1. The summed E-state index contributed by atoms with van der Waals surface area (Å²) in [4.78, 5) is 10.2. The van der Waals surface area contributed by atoms with E-state index in [1.807, 2.05) is 67.7 Å². The van der Waals surface area contributed by atoms with Crippen molar-refractivity contribution in [2.24, 2.45) is 0 Å². The normalized spacial score (nSPS) is 15.5. The Labute approximate surface area is 433 Å². The molecule has 1 atom stereocenters. The first kappa shape index (κ1) is 52.2. The molecule has 2 aliphatic heterocycles. The van der Waals surface area contributed by atoms with Gasteiger partial charge in [-0.3, -0.25) is 0 Å². The van der Waals surface area contributed by atoms with Crippen molar-refractivity contribution in [3.05, 3.63) is 132 Å². The maximum atomic E-state index is 15.7. The van der Waals surface area contributed by atoms with E-state index in [-0.39, 0.29) is 34.6 Å². The molecule has 6 aromatic rings. The fraction of sp³-hybridized carbons (Fsp3) is 0.370. The molecule has 1 aromatic heterocycles. The van der Waals surface area contributed by atoms with Gasteiger partial charge in [-0.05, 0) is 186 Å². The molecule has 2 saturated heterocycles. The summed E-state index contributed by atoms with van der Waals surface area (Å²) in [6.45, 7) is 12.3. The second kappa shape index (κ2) is 24.1. The van der Waals surface area contributed by atoms with Gasteiger partial charge in [-0.1, -0.05) is 41.9 Å². The maximum Gasteiger partial charge on any atom is 0.446 e. The zero-order chi connectivity index (χ0) is 49.4. The summed E-state index contributed by atoms with van der Waals surface area (Å²) in [5.41, 5.74) is 3.94. The molecule has 0 saturated carbocycles. The summed E-state index contributed by atoms with van der Waals surface area (Å²) in [7, 11) is 2.01. The van der Waals surface area contributed by atoms with Crippen LogP contribution in [0.5, 0.6) is 0 Å². The monoisotopic (exact) mass is 1050 g/mol. The quantitative estimate of drug-likeness (QED) is 0.0415. The number of nitrogens with zero attached hydrogens (tertiary/aromatic N) is 4. The summed E-state index contributed by atoms with van der Waals surface area (Å²) >= 11 is 10.9. The highest BCUT2D eigenvalue weighted by molar-refractivity contribution is 8.01. The van der Waals surface area contributed by atoms with E-state index in [1.54, 1.807) is 47.8 Å². The predicted molar refractivity (Wildman–Crippen MR) is 294 cm³/mol. The molecule has 3 heterocycles. The van der Waals surface area contributed by atoms with Gasteiger partial charge < -0.3 is 34.6 Å². The topological polar surface area (TPSA) is 50.7 Å². The van der Waals surface area contributed by atoms with Crippen LogP contribution in [-0.4, -0.2) is 91.9 Å². The average molecular weight is 1050 g/mol. The van der Waals surface area contributed by atoms with Crippen molar-refractivity contribution in [2.45, 2.75) is 83.2 Å². The minimum atomic E-state index is -4.44. The fourth-order valence-corrected chi connectivity index (χ4v) is 12.9. The highest BCUT2D eigenvalue weighted by Gasteiger charge is 2.32. The van der Waals surface area contributed by atoms with E-state index in [1.165, 1.54) is 11.9 Å². The summed E-state index contributed by atoms with van der Waals surface area (Å²) < 4.78 is 63.6. The molecule has 7 nitrogen and oxygen atoms in total. The molecule has 2 aliphatic rings. The van der Waals surface area contributed by atoms with Gasteiger partial charge in [0.2, 0.25) is 0 Å². The average Bonchev–Trinajstić information content (AvgIpc) is 3.67. The van der Waals surface area contributed by atoms with Crippen LogP contribution in [0.2, 0.25) is 5.02 Å². The summed E-state index contributed by atoms with van der Waals surface area (Å²) in [6, 6.07) is 37.6. The highest BCUT2D eigenvalue weighted by atomic mass is 35.5. The van der Waals surface area contributed by atoms with Crippen molar-refractivity contribution in [1.82, 2.24) is 14.8 Å². The number of likely N-dealkylation sites (tertiary alicyclic amines) is 1. The Balaban J connectivity index is 0.909. The molecule has 3 N–H and O–H groups in total. The lowest BCUT2D eigenvalue weighted by molar-refractivity contribution is -0.0328. The Morgan fingerprint density at radius 2 is 1.46 bits per heavy atom. The first-order chi connectivity index (χ1) is 33.7. The second-order valence-corrected chi connectivity index (χ2v) is 22.4. The van der Waals surface area contributed by atoms with Crippen LogP contribution < -0.4 is 25.2 Å².